The Balaban J connectivity index is 1.36. The van der Waals surface area contributed by atoms with Crippen LogP contribution in [0.25, 0.3) is 0 Å². The highest BCUT2D eigenvalue weighted by molar-refractivity contribution is 6.09. The number of carbonyl (C=O) groups is 2. The zero-order chi connectivity index (χ0) is 31.7. The molecule has 2 aromatic heterocycles. The third-order valence-corrected chi connectivity index (χ3v) is 8.38. The fraction of sp³-hybridized carbons (Fsp3) is 0.294. The molecule has 232 valence electrons. The van der Waals surface area contributed by atoms with Crippen molar-refractivity contribution < 1.29 is 23.8 Å². The first-order valence-corrected chi connectivity index (χ1v) is 14.7. The van der Waals surface area contributed by atoms with Gasteiger partial charge in [0.2, 0.25) is 5.75 Å². The van der Waals surface area contributed by atoms with Crippen LogP contribution in [0.3, 0.4) is 0 Å². The van der Waals surface area contributed by atoms with Gasteiger partial charge in [0.1, 0.15) is 5.82 Å². The van der Waals surface area contributed by atoms with E-state index < -0.39 is 5.91 Å². The number of rotatable bonds is 8. The summed E-state index contributed by atoms with van der Waals surface area (Å²) in [6.45, 7) is 3.85. The highest BCUT2D eigenvalue weighted by Crippen LogP contribution is 2.41. The molecule has 1 fully saturated rings. The van der Waals surface area contributed by atoms with Crippen LogP contribution in [0, 0.1) is 12.8 Å². The average Bonchev–Trinajstić information content (AvgIpc) is 3.04. The van der Waals surface area contributed by atoms with Gasteiger partial charge in [-0.2, -0.15) is 0 Å². The first-order chi connectivity index (χ1) is 21.8. The Morgan fingerprint density at radius 3 is 2.27 bits per heavy atom. The zero-order valence-electron chi connectivity index (χ0n) is 25.6. The number of pyridine rings is 2. The van der Waals surface area contributed by atoms with E-state index in [1.54, 1.807) is 36.4 Å². The summed E-state index contributed by atoms with van der Waals surface area (Å²) in [5, 5.41) is 5.89. The molecule has 2 aromatic carbocycles. The number of aryl methyl sites for hydroxylation is 1. The Labute approximate surface area is 260 Å². The van der Waals surface area contributed by atoms with Crippen molar-refractivity contribution in [3.8, 4) is 17.2 Å². The molecule has 1 saturated heterocycles. The fourth-order valence-electron chi connectivity index (χ4n) is 6.35. The lowest BCUT2D eigenvalue weighted by molar-refractivity contribution is 0.101. The van der Waals surface area contributed by atoms with Crippen molar-refractivity contribution in [2.24, 2.45) is 5.92 Å². The number of carbonyl (C=O) groups excluding carboxylic acids is 2. The number of ether oxygens (including phenoxy) is 3. The SMILES string of the molecule is COc1cc(C(=O)Nc2cc(C(=O)Nc3cccc(C)n3)ccc2N2CC3CC(C2)c2cccc(=O)n2C3)cc(OC)c1OC. The molecule has 0 radical (unpaired) electrons. The molecule has 6 rings (SSSR count). The van der Waals surface area contributed by atoms with E-state index in [4.69, 9.17) is 14.2 Å². The van der Waals surface area contributed by atoms with Gasteiger partial charge in [-0.25, -0.2) is 4.98 Å². The molecule has 0 saturated carbocycles. The number of hydrogen-bond donors (Lipinski definition) is 2. The van der Waals surface area contributed by atoms with E-state index in [1.165, 1.54) is 21.3 Å². The second kappa shape index (κ2) is 12.4. The summed E-state index contributed by atoms with van der Waals surface area (Å²) in [5.74, 6) is 1.14. The summed E-state index contributed by atoms with van der Waals surface area (Å²) in [6, 6.07) is 19.3. The molecule has 2 amide bonds. The molecule has 2 bridgehead atoms. The molecule has 4 heterocycles. The molecule has 0 spiro atoms. The number of benzene rings is 2. The minimum Gasteiger partial charge on any atom is -0.493 e. The van der Waals surface area contributed by atoms with Crippen molar-refractivity contribution in [3.63, 3.8) is 0 Å². The molecule has 2 unspecified atom stereocenters. The largest absolute Gasteiger partial charge is 0.493 e. The van der Waals surface area contributed by atoms with Gasteiger partial charge in [0, 0.05) is 54.1 Å². The second-order valence-electron chi connectivity index (χ2n) is 11.3. The van der Waals surface area contributed by atoms with Crippen LogP contribution in [0.2, 0.25) is 0 Å². The van der Waals surface area contributed by atoms with Crippen molar-refractivity contribution in [2.75, 3.05) is 50.0 Å². The molecule has 11 heteroatoms. The van der Waals surface area contributed by atoms with Crippen LogP contribution in [0.15, 0.2) is 71.5 Å². The topological polar surface area (TPSA) is 124 Å². The maximum Gasteiger partial charge on any atom is 0.256 e. The lowest BCUT2D eigenvalue weighted by Gasteiger charge is -2.44. The van der Waals surface area contributed by atoms with Gasteiger partial charge >= 0.3 is 0 Å². The number of amides is 2. The number of nitrogens with zero attached hydrogens (tertiary/aromatic N) is 3. The van der Waals surface area contributed by atoms with E-state index in [1.807, 2.05) is 41.8 Å². The molecule has 45 heavy (non-hydrogen) atoms. The summed E-state index contributed by atoms with van der Waals surface area (Å²) in [4.78, 5) is 46.3. The Hall–Kier alpha value is -5.32. The summed E-state index contributed by atoms with van der Waals surface area (Å²) < 4.78 is 18.2. The van der Waals surface area contributed by atoms with Crippen molar-refractivity contribution in [1.82, 2.24) is 9.55 Å². The Bertz CT molecular complexity index is 1810. The second-order valence-corrected chi connectivity index (χ2v) is 11.3. The maximum atomic E-state index is 13.8. The van der Waals surface area contributed by atoms with E-state index in [0.29, 0.717) is 54.0 Å². The van der Waals surface area contributed by atoms with Gasteiger partial charge in [0.25, 0.3) is 17.4 Å². The minimum absolute atomic E-state index is 0.0208. The van der Waals surface area contributed by atoms with Gasteiger partial charge in [-0.05, 0) is 67.8 Å². The van der Waals surface area contributed by atoms with E-state index in [-0.39, 0.29) is 28.9 Å². The molecule has 2 N–H and O–H groups in total. The molecule has 2 aliphatic rings. The predicted octanol–water partition coefficient (Wildman–Crippen LogP) is 4.71. The highest BCUT2D eigenvalue weighted by atomic mass is 16.5. The number of nitrogens with one attached hydrogen (secondary N) is 2. The van der Waals surface area contributed by atoms with Gasteiger partial charge in [0.05, 0.1) is 32.7 Å². The normalized spacial score (nSPS) is 16.8. The third-order valence-electron chi connectivity index (χ3n) is 8.38. The number of aromatic nitrogens is 2. The van der Waals surface area contributed by atoms with Gasteiger partial charge in [-0.3, -0.25) is 14.4 Å². The summed E-state index contributed by atoms with van der Waals surface area (Å²) >= 11 is 0. The summed E-state index contributed by atoms with van der Waals surface area (Å²) in [6.07, 6.45) is 0.983. The predicted molar refractivity (Wildman–Crippen MR) is 171 cm³/mol. The van der Waals surface area contributed by atoms with E-state index in [9.17, 15) is 14.4 Å². The number of piperidine rings is 1. The number of fused-ring (bicyclic) bond motifs is 4. The van der Waals surface area contributed by atoms with Gasteiger partial charge in [-0.15, -0.1) is 0 Å². The number of anilines is 3. The summed E-state index contributed by atoms with van der Waals surface area (Å²) in [7, 11) is 4.47. The van der Waals surface area contributed by atoms with Gasteiger partial charge in [-0.1, -0.05) is 12.1 Å². The Morgan fingerprint density at radius 1 is 0.822 bits per heavy atom. The van der Waals surface area contributed by atoms with Crippen LogP contribution in [0.1, 0.15) is 44.4 Å². The van der Waals surface area contributed by atoms with Crippen molar-refractivity contribution in [1.29, 1.82) is 0 Å². The minimum atomic E-state index is -0.414. The van der Waals surface area contributed by atoms with E-state index in [0.717, 1.165) is 23.5 Å². The smallest absolute Gasteiger partial charge is 0.256 e. The third kappa shape index (κ3) is 5.93. The van der Waals surface area contributed by atoms with Gasteiger partial charge < -0.3 is 34.3 Å². The number of methoxy groups -OCH3 is 3. The molecular formula is C34H35N5O6. The maximum absolute atomic E-state index is 13.8. The average molecular weight is 610 g/mol. The quantitative estimate of drug-likeness (QED) is 0.295. The first kappa shape index (κ1) is 29.7. The fourth-order valence-corrected chi connectivity index (χ4v) is 6.35. The molecule has 11 nitrogen and oxygen atoms in total. The van der Waals surface area contributed by atoms with Gasteiger partial charge in [0.15, 0.2) is 11.5 Å². The Kier molecular flexibility index (Phi) is 8.16. The molecular weight excluding hydrogens is 574 g/mol. The zero-order valence-corrected chi connectivity index (χ0v) is 25.6. The van der Waals surface area contributed by atoms with Crippen LogP contribution in [-0.4, -0.2) is 55.8 Å². The molecule has 4 aromatic rings. The van der Waals surface area contributed by atoms with Crippen LogP contribution < -0.4 is 35.3 Å². The number of hydrogen-bond acceptors (Lipinski definition) is 8. The Morgan fingerprint density at radius 2 is 1.56 bits per heavy atom. The molecule has 2 aliphatic heterocycles. The lowest BCUT2D eigenvalue weighted by atomic mass is 9.83. The van der Waals surface area contributed by atoms with Crippen molar-refractivity contribution in [3.05, 3.63) is 99.6 Å². The van der Waals surface area contributed by atoms with Crippen LogP contribution in [-0.2, 0) is 6.54 Å². The molecule has 2 atom stereocenters. The monoisotopic (exact) mass is 609 g/mol. The first-order valence-electron chi connectivity index (χ1n) is 14.7. The summed E-state index contributed by atoms with van der Waals surface area (Å²) in [5.41, 5.74) is 3.72. The van der Waals surface area contributed by atoms with E-state index >= 15 is 0 Å². The van der Waals surface area contributed by atoms with Crippen LogP contribution in [0.5, 0.6) is 17.2 Å². The highest BCUT2D eigenvalue weighted by Gasteiger charge is 2.35. The van der Waals surface area contributed by atoms with Crippen molar-refractivity contribution >= 4 is 29.0 Å². The van der Waals surface area contributed by atoms with Crippen LogP contribution >= 0.6 is 0 Å². The van der Waals surface area contributed by atoms with Crippen LogP contribution in [0.4, 0.5) is 17.2 Å². The van der Waals surface area contributed by atoms with E-state index in [2.05, 4.69) is 20.5 Å². The standard InChI is InChI=1S/C34H35N5O6/c1-20-7-5-9-30(35-20)37-33(41)22-11-12-27(38-17-21-13-24(19-38)26-8-6-10-31(40)39(26)18-21)25(14-22)36-34(42)23-15-28(43-2)32(45-4)29(16-23)44-3/h5-12,14-16,21,24H,13,17-19H2,1-4H3,(H,36,42)(H,35,37,41). The lowest BCUT2D eigenvalue weighted by Crippen LogP contribution is -2.47. The molecule has 0 aliphatic carbocycles. The van der Waals surface area contributed by atoms with Crippen molar-refractivity contribution in [2.45, 2.75) is 25.8 Å².